The van der Waals surface area contributed by atoms with Crippen LogP contribution in [-0.4, -0.2) is 22.7 Å². The van der Waals surface area contributed by atoms with E-state index in [0.717, 1.165) is 0 Å². The van der Waals surface area contributed by atoms with Crippen molar-refractivity contribution < 1.29 is 23.5 Å². The summed E-state index contributed by atoms with van der Waals surface area (Å²) >= 11 is 0.414. The molecular weight excluding hydrogens is 336 g/mol. The third-order valence-electron chi connectivity index (χ3n) is 3.25. The number of rotatable bonds is 7. The lowest BCUT2D eigenvalue weighted by atomic mass is 9.95. The van der Waals surface area contributed by atoms with E-state index in [1.807, 2.05) is 0 Å². The van der Waals surface area contributed by atoms with E-state index >= 15 is 0 Å². The summed E-state index contributed by atoms with van der Waals surface area (Å²) < 4.78 is 24.5. The Hall–Kier alpha value is -2.41. The summed E-state index contributed by atoms with van der Waals surface area (Å²) in [6, 6.07) is 14.4. The Bertz CT molecular complexity index is 693. The number of nitrogens with one attached hydrogen (secondary N) is 1. The van der Waals surface area contributed by atoms with Crippen molar-refractivity contribution in [1.29, 1.82) is 0 Å². The lowest BCUT2D eigenvalue weighted by molar-refractivity contribution is -0.140. The number of hydrogen-bond donors (Lipinski definition) is 2. The maximum atomic E-state index is 12.2. The standard InChI is InChI=1S/C17H15F2NO3S/c18-17(19)24-13-8-6-12(7-9-13)20-15(21)10-14(16(22)23)11-4-2-1-3-5-11/h1-9,14,17H,10H2,(H,20,21)(H,22,23). The van der Waals surface area contributed by atoms with Gasteiger partial charge in [0.05, 0.1) is 5.92 Å². The predicted molar refractivity (Wildman–Crippen MR) is 88.4 cm³/mol. The molecule has 0 aliphatic carbocycles. The van der Waals surface area contributed by atoms with Gasteiger partial charge in [0, 0.05) is 17.0 Å². The molecule has 0 aromatic heterocycles. The number of carboxylic acid groups (broad SMARTS) is 1. The van der Waals surface area contributed by atoms with Gasteiger partial charge in [0.2, 0.25) is 5.91 Å². The van der Waals surface area contributed by atoms with Crippen molar-refractivity contribution in [3.05, 3.63) is 60.2 Å². The van der Waals surface area contributed by atoms with Crippen LogP contribution >= 0.6 is 11.8 Å². The molecule has 0 saturated carbocycles. The van der Waals surface area contributed by atoms with Crippen molar-refractivity contribution in [2.24, 2.45) is 0 Å². The number of aliphatic carboxylic acids is 1. The molecule has 0 spiro atoms. The van der Waals surface area contributed by atoms with Crippen LogP contribution in [0.3, 0.4) is 0 Å². The molecule has 1 atom stereocenters. The summed E-state index contributed by atoms with van der Waals surface area (Å²) in [5.74, 6) is -4.99. The highest BCUT2D eigenvalue weighted by molar-refractivity contribution is 7.99. The molecule has 126 valence electrons. The Morgan fingerprint density at radius 3 is 2.21 bits per heavy atom. The van der Waals surface area contributed by atoms with Gasteiger partial charge in [0.1, 0.15) is 0 Å². The number of hydrogen-bond acceptors (Lipinski definition) is 3. The molecule has 0 aliphatic rings. The van der Waals surface area contributed by atoms with Gasteiger partial charge >= 0.3 is 5.97 Å². The summed E-state index contributed by atoms with van der Waals surface area (Å²) in [5, 5.41) is 11.9. The van der Waals surface area contributed by atoms with Crippen molar-refractivity contribution in [2.75, 3.05) is 5.32 Å². The van der Waals surface area contributed by atoms with E-state index in [9.17, 15) is 23.5 Å². The molecule has 7 heteroatoms. The van der Waals surface area contributed by atoms with Crippen LogP contribution in [0.15, 0.2) is 59.5 Å². The van der Waals surface area contributed by atoms with Gasteiger partial charge in [0.25, 0.3) is 5.76 Å². The van der Waals surface area contributed by atoms with Crippen molar-refractivity contribution >= 4 is 29.3 Å². The first-order valence-electron chi connectivity index (χ1n) is 7.08. The smallest absolute Gasteiger partial charge is 0.311 e. The van der Waals surface area contributed by atoms with Gasteiger partial charge in [-0.25, -0.2) is 0 Å². The SMILES string of the molecule is O=C(CC(C(=O)O)c1ccccc1)Nc1ccc(SC(F)F)cc1. The quantitative estimate of drug-likeness (QED) is 0.734. The molecular formula is C17H15F2NO3S. The number of alkyl halides is 2. The normalized spacial score (nSPS) is 12.0. The molecule has 0 heterocycles. The molecule has 0 fully saturated rings. The number of anilines is 1. The van der Waals surface area contributed by atoms with Crippen LogP contribution in [0.2, 0.25) is 0 Å². The zero-order chi connectivity index (χ0) is 17.5. The lowest BCUT2D eigenvalue weighted by Crippen LogP contribution is -2.20. The van der Waals surface area contributed by atoms with Gasteiger partial charge in [-0.3, -0.25) is 9.59 Å². The first-order valence-corrected chi connectivity index (χ1v) is 7.96. The van der Waals surface area contributed by atoms with Crippen LogP contribution in [0.1, 0.15) is 17.9 Å². The second kappa shape index (κ2) is 8.44. The van der Waals surface area contributed by atoms with E-state index in [4.69, 9.17) is 0 Å². The van der Waals surface area contributed by atoms with E-state index in [1.54, 1.807) is 30.3 Å². The number of carbonyl (C=O) groups excluding carboxylic acids is 1. The minimum absolute atomic E-state index is 0.215. The molecule has 2 aromatic carbocycles. The Balaban J connectivity index is 1.99. The fourth-order valence-electron chi connectivity index (χ4n) is 2.15. The molecule has 1 unspecified atom stereocenters. The number of thioether (sulfide) groups is 1. The highest BCUT2D eigenvalue weighted by Crippen LogP contribution is 2.26. The first kappa shape index (κ1) is 17.9. The predicted octanol–water partition coefficient (Wildman–Crippen LogP) is 4.20. The highest BCUT2D eigenvalue weighted by atomic mass is 32.2. The van der Waals surface area contributed by atoms with Crippen LogP contribution in [0.25, 0.3) is 0 Å². The summed E-state index contributed by atoms with van der Waals surface area (Å²) in [6.45, 7) is 0. The molecule has 2 N–H and O–H groups in total. The molecule has 0 radical (unpaired) electrons. The molecule has 1 amide bonds. The molecule has 4 nitrogen and oxygen atoms in total. The van der Waals surface area contributed by atoms with E-state index in [1.165, 1.54) is 24.3 Å². The Morgan fingerprint density at radius 1 is 1.04 bits per heavy atom. The van der Waals surface area contributed by atoms with Gasteiger partial charge in [-0.2, -0.15) is 8.78 Å². The zero-order valence-corrected chi connectivity index (χ0v) is 13.3. The maximum Gasteiger partial charge on any atom is 0.311 e. The van der Waals surface area contributed by atoms with Crippen LogP contribution in [0.4, 0.5) is 14.5 Å². The zero-order valence-electron chi connectivity index (χ0n) is 12.5. The summed E-state index contributed by atoms with van der Waals surface area (Å²) in [5.41, 5.74) is 0.972. The Kier molecular flexibility index (Phi) is 6.31. The van der Waals surface area contributed by atoms with E-state index < -0.39 is 23.6 Å². The van der Waals surface area contributed by atoms with Crippen molar-refractivity contribution in [3.63, 3.8) is 0 Å². The number of halogens is 2. The third-order valence-corrected chi connectivity index (χ3v) is 3.98. The second-order valence-corrected chi connectivity index (χ2v) is 6.02. The van der Waals surface area contributed by atoms with Crippen LogP contribution in [0, 0.1) is 0 Å². The molecule has 2 rings (SSSR count). The Labute approximate surface area is 141 Å². The average Bonchev–Trinajstić information content (AvgIpc) is 2.54. The summed E-state index contributed by atoms with van der Waals surface area (Å²) in [4.78, 5) is 23.8. The van der Waals surface area contributed by atoms with Gasteiger partial charge in [-0.15, -0.1) is 0 Å². The molecule has 0 bridgehead atoms. The summed E-state index contributed by atoms with van der Waals surface area (Å²) in [6.07, 6.45) is -0.215. The van der Waals surface area contributed by atoms with Crippen LogP contribution in [-0.2, 0) is 9.59 Å². The van der Waals surface area contributed by atoms with Crippen LogP contribution < -0.4 is 5.32 Å². The Morgan fingerprint density at radius 2 is 1.67 bits per heavy atom. The van der Waals surface area contributed by atoms with Crippen LogP contribution in [0.5, 0.6) is 0 Å². The van der Waals surface area contributed by atoms with Gasteiger partial charge < -0.3 is 10.4 Å². The van der Waals surface area contributed by atoms with Gasteiger partial charge in [0.15, 0.2) is 0 Å². The number of carbonyl (C=O) groups is 2. The molecule has 2 aromatic rings. The largest absolute Gasteiger partial charge is 0.481 e. The van der Waals surface area contributed by atoms with E-state index in [0.29, 0.717) is 27.9 Å². The first-order chi connectivity index (χ1) is 11.5. The monoisotopic (exact) mass is 351 g/mol. The molecule has 24 heavy (non-hydrogen) atoms. The number of benzene rings is 2. The number of carboxylic acids is 1. The fourth-order valence-corrected chi connectivity index (χ4v) is 2.65. The molecule has 0 aliphatic heterocycles. The van der Waals surface area contributed by atoms with Gasteiger partial charge in [-0.05, 0) is 29.8 Å². The fraction of sp³-hybridized carbons (Fsp3) is 0.176. The summed E-state index contributed by atoms with van der Waals surface area (Å²) in [7, 11) is 0. The average molecular weight is 351 g/mol. The van der Waals surface area contributed by atoms with Crippen molar-refractivity contribution in [1.82, 2.24) is 0 Å². The van der Waals surface area contributed by atoms with E-state index in [-0.39, 0.29) is 6.42 Å². The third kappa shape index (κ3) is 5.34. The second-order valence-electron chi connectivity index (χ2n) is 4.96. The minimum Gasteiger partial charge on any atom is -0.481 e. The lowest BCUT2D eigenvalue weighted by Gasteiger charge is -2.13. The van der Waals surface area contributed by atoms with Crippen molar-refractivity contribution in [2.45, 2.75) is 23.0 Å². The van der Waals surface area contributed by atoms with Crippen molar-refractivity contribution in [3.8, 4) is 0 Å². The highest BCUT2D eigenvalue weighted by Gasteiger charge is 2.23. The molecule has 0 saturated heterocycles. The number of amides is 1. The minimum atomic E-state index is -2.51. The topological polar surface area (TPSA) is 66.4 Å². The van der Waals surface area contributed by atoms with Gasteiger partial charge in [-0.1, -0.05) is 42.1 Å². The van der Waals surface area contributed by atoms with E-state index in [2.05, 4.69) is 5.32 Å². The maximum absolute atomic E-state index is 12.2.